The van der Waals surface area contributed by atoms with Gasteiger partial charge in [0, 0.05) is 12.5 Å². The first kappa shape index (κ1) is 13.4. The molecule has 0 heterocycles. The molecule has 0 atom stereocenters. The summed E-state index contributed by atoms with van der Waals surface area (Å²) >= 11 is 0. The molecule has 0 unspecified atom stereocenters. The Morgan fingerprint density at radius 3 is 2.84 bits per heavy atom. The summed E-state index contributed by atoms with van der Waals surface area (Å²) in [5, 5.41) is 11.7. The zero-order valence-corrected chi connectivity index (χ0v) is 11.1. The largest absolute Gasteiger partial charge is 0.495 e. The van der Waals surface area contributed by atoms with E-state index in [2.05, 4.69) is 5.32 Å². The third-order valence-corrected chi connectivity index (χ3v) is 3.55. The van der Waals surface area contributed by atoms with E-state index in [1.807, 2.05) is 6.07 Å². The van der Waals surface area contributed by atoms with Gasteiger partial charge in [-0.2, -0.15) is 5.26 Å². The highest BCUT2D eigenvalue weighted by Gasteiger charge is 2.19. The molecule has 0 bridgehead atoms. The normalized spacial score (nSPS) is 14.9. The van der Waals surface area contributed by atoms with Gasteiger partial charge in [-0.25, -0.2) is 0 Å². The second-order valence-corrected chi connectivity index (χ2v) is 4.93. The number of ether oxygens (including phenoxy) is 1. The fourth-order valence-electron chi connectivity index (χ4n) is 2.54. The second-order valence-electron chi connectivity index (χ2n) is 4.93. The lowest BCUT2D eigenvalue weighted by Crippen LogP contribution is -2.15. The molecular formula is C15H18N2O2. The van der Waals surface area contributed by atoms with Crippen molar-refractivity contribution in [2.75, 3.05) is 12.4 Å². The summed E-state index contributed by atoms with van der Waals surface area (Å²) in [6.07, 6.45) is 5.34. The lowest BCUT2D eigenvalue weighted by Gasteiger charge is -2.12. The summed E-state index contributed by atoms with van der Waals surface area (Å²) in [4.78, 5) is 12.0. The first-order valence-electron chi connectivity index (χ1n) is 6.61. The number of anilines is 1. The first-order chi connectivity index (χ1) is 9.22. The summed E-state index contributed by atoms with van der Waals surface area (Å²) in [7, 11) is 1.53. The highest BCUT2D eigenvalue weighted by molar-refractivity contribution is 5.92. The Morgan fingerprint density at radius 1 is 1.47 bits per heavy atom. The molecule has 0 aromatic heterocycles. The van der Waals surface area contributed by atoms with Crippen molar-refractivity contribution in [3.05, 3.63) is 23.8 Å². The molecule has 2 rings (SSSR count). The molecule has 0 radical (unpaired) electrons. The minimum absolute atomic E-state index is 0.0231. The Labute approximate surface area is 113 Å². The predicted molar refractivity (Wildman–Crippen MR) is 72.9 cm³/mol. The van der Waals surface area contributed by atoms with Crippen molar-refractivity contribution in [2.24, 2.45) is 5.92 Å². The molecule has 1 aliphatic carbocycles. The standard InChI is InChI=1S/C15H18N2O2/c1-19-14-8-12(10-16)6-7-13(14)17-15(18)9-11-4-2-3-5-11/h6-8,11H,2-5,9H2,1H3,(H,17,18). The zero-order valence-electron chi connectivity index (χ0n) is 11.1. The van der Waals surface area contributed by atoms with E-state index < -0.39 is 0 Å². The smallest absolute Gasteiger partial charge is 0.224 e. The number of amides is 1. The summed E-state index contributed by atoms with van der Waals surface area (Å²) < 4.78 is 5.19. The van der Waals surface area contributed by atoms with E-state index >= 15 is 0 Å². The summed E-state index contributed by atoms with van der Waals surface area (Å²) in [5.74, 6) is 1.07. The van der Waals surface area contributed by atoms with E-state index in [4.69, 9.17) is 10.00 Å². The van der Waals surface area contributed by atoms with Crippen molar-refractivity contribution < 1.29 is 9.53 Å². The third kappa shape index (κ3) is 3.47. The van der Waals surface area contributed by atoms with Gasteiger partial charge in [0.25, 0.3) is 0 Å². The van der Waals surface area contributed by atoms with Crippen LogP contribution in [0.15, 0.2) is 18.2 Å². The maximum atomic E-state index is 12.0. The number of methoxy groups -OCH3 is 1. The summed E-state index contributed by atoms with van der Waals surface area (Å²) in [5.41, 5.74) is 1.15. The van der Waals surface area contributed by atoms with Crippen molar-refractivity contribution >= 4 is 11.6 Å². The van der Waals surface area contributed by atoms with Crippen LogP contribution in [-0.2, 0) is 4.79 Å². The van der Waals surface area contributed by atoms with Crippen molar-refractivity contribution in [1.29, 1.82) is 5.26 Å². The van der Waals surface area contributed by atoms with Gasteiger partial charge < -0.3 is 10.1 Å². The van der Waals surface area contributed by atoms with E-state index in [0.717, 1.165) is 12.8 Å². The molecule has 19 heavy (non-hydrogen) atoms. The average molecular weight is 258 g/mol. The van der Waals surface area contributed by atoms with Gasteiger partial charge in [-0.3, -0.25) is 4.79 Å². The van der Waals surface area contributed by atoms with Gasteiger partial charge in [-0.1, -0.05) is 12.8 Å². The number of hydrogen-bond donors (Lipinski definition) is 1. The molecule has 1 aromatic rings. The Hall–Kier alpha value is -2.02. The summed E-state index contributed by atoms with van der Waals surface area (Å²) in [6.45, 7) is 0. The van der Waals surface area contributed by atoms with E-state index in [1.54, 1.807) is 18.2 Å². The average Bonchev–Trinajstić information content (AvgIpc) is 2.91. The maximum absolute atomic E-state index is 12.0. The van der Waals surface area contributed by atoms with Gasteiger partial charge >= 0.3 is 0 Å². The van der Waals surface area contributed by atoms with Crippen LogP contribution in [-0.4, -0.2) is 13.0 Å². The molecule has 100 valence electrons. The van der Waals surface area contributed by atoms with Crippen LogP contribution in [0.1, 0.15) is 37.7 Å². The first-order valence-corrected chi connectivity index (χ1v) is 6.61. The van der Waals surface area contributed by atoms with Crippen LogP contribution in [0.25, 0.3) is 0 Å². The number of hydrogen-bond acceptors (Lipinski definition) is 3. The predicted octanol–water partition coefficient (Wildman–Crippen LogP) is 3.09. The third-order valence-electron chi connectivity index (χ3n) is 3.55. The molecule has 1 fully saturated rings. The van der Waals surface area contributed by atoms with Crippen LogP contribution < -0.4 is 10.1 Å². The van der Waals surface area contributed by atoms with E-state index in [-0.39, 0.29) is 5.91 Å². The molecule has 4 nitrogen and oxygen atoms in total. The van der Waals surface area contributed by atoms with Gasteiger partial charge in [0.05, 0.1) is 24.4 Å². The van der Waals surface area contributed by atoms with Gasteiger partial charge in [0.15, 0.2) is 0 Å². The Morgan fingerprint density at radius 2 is 2.21 bits per heavy atom. The van der Waals surface area contributed by atoms with Crippen LogP contribution in [0.2, 0.25) is 0 Å². The molecular weight excluding hydrogens is 240 g/mol. The fraction of sp³-hybridized carbons (Fsp3) is 0.467. The monoisotopic (exact) mass is 258 g/mol. The van der Waals surface area contributed by atoms with E-state index in [0.29, 0.717) is 29.3 Å². The van der Waals surface area contributed by atoms with Crippen molar-refractivity contribution in [3.8, 4) is 11.8 Å². The van der Waals surface area contributed by atoms with Gasteiger partial charge in [-0.05, 0) is 30.9 Å². The minimum Gasteiger partial charge on any atom is -0.495 e. The Bertz CT molecular complexity index is 499. The topological polar surface area (TPSA) is 62.1 Å². The SMILES string of the molecule is COc1cc(C#N)ccc1NC(=O)CC1CCCC1. The highest BCUT2D eigenvalue weighted by Crippen LogP contribution is 2.29. The van der Waals surface area contributed by atoms with Gasteiger partial charge in [0.2, 0.25) is 5.91 Å². The molecule has 1 N–H and O–H groups in total. The number of nitrogens with one attached hydrogen (secondary N) is 1. The number of benzene rings is 1. The van der Waals surface area contributed by atoms with Crippen molar-refractivity contribution in [3.63, 3.8) is 0 Å². The molecule has 1 amide bonds. The molecule has 1 saturated carbocycles. The number of rotatable bonds is 4. The van der Waals surface area contributed by atoms with Gasteiger partial charge in [-0.15, -0.1) is 0 Å². The quantitative estimate of drug-likeness (QED) is 0.902. The van der Waals surface area contributed by atoms with Crippen LogP contribution in [0, 0.1) is 17.2 Å². The minimum atomic E-state index is 0.0231. The van der Waals surface area contributed by atoms with Crippen molar-refractivity contribution in [1.82, 2.24) is 0 Å². The fourth-order valence-corrected chi connectivity index (χ4v) is 2.54. The van der Waals surface area contributed by atoms with Crippen LogP contribution in [0.3, 0.4) is 0 Å². The second kappa shape index (κ2) is 6.24. The molecule has 4 heteroatoms. The zero-order chi connectivity index (χ0) is 13.7. The van der Waals surface area contributed by atoms with Crippen LogP contribution in [0.4, 0.5) is 5.69 Å². The van der Waals surface area contributed by atoms with E-state index in [1.165, 1.54) is 20.0 Å². The van der Waals surface area contributed by atoms with Crippen LogP contribution in [0.5, 0.6) is 5.75 Å². The number of nitrogens with zero attached hydrogens (tertiary/aromatic N) is 1. The molecule has 0 aliphatic heterocycles. The Kier molecular flexibility index (Phi) is 4.40. The van der Waals surface area contributed by atoms with Crippen molar-refractivity contribution in [2.45, 2.75) is 32.1 Å². The highest BCUT2D eigenvalue weighted by atomic mass is 16.5. The molecule has 0 saturated heterocycles. The summed E-state index contributed by atoms with van der Waals surface area (Å²) in [6, 6.07) is 7.06. The molecule has 1 aliphatic rings. The lowest BCUT2D eigenvalue weighted by atomic mass is 10.0. The number of carbonyl (C=O) groups excluding carboxylic acids is 1. The Balaban J connectivity index is 2.01. The number of carbonyl (C=O) groups is 1. The number of nitriles is 1. The molecule has 1 aromatic carbocycles. The molecule has 0 spiro atoms. The van der Waals surface area contributed by atoms with Crippen LogP contribution >= 0.6 is 0 Å². The lowest BCUT2D eigenvalue weighted by molar-refractivity contribution is -0.117. The van der Waals surface area contributed by atoms with E-state index in [9.17, 15) is 4.79 Å². The van der Waals surface area contributed by atoms with Gasteiger partial charge in [0.1, 0.15) is 5.75 Å². The maximum Gasteiger partial charge on any atom is 0.224 e.